The van der Waals surface area contributed by atoms with E-state index in [2.05, 4.69) is 51.8 Å². The number of carbonyl (C=O) groups is 1. The zero-order valence-corrected chi connectivity index (χ0v) is 18.2. The quantitative estimate of drug-likeness (QED) is 0.646. The number of aromatic nitrogens is 2. The Morgan fingerprint density at radius 1 is 1.16 bits per heavy atom. The van der Waals surface area contributed by atoms with E-state index in [9.17, 15) is 9.90 Å². The number of aliphatic hydroxyl groups excluding tert-OH is 1. The van der Waals surface area contributed by atoms with Crippen LogP contribution >= 0.6 is 0 Å². The number of hydrogen-bond acceptors (Lipinski definition) is 5. The second-order valence-electron chi connectivity index (χ2n) is 8.64. The molecule has 5 rings (SSSR count). The standard InChI is InChI=1S/C26H28N4O2/c1-2-25(32)29-9-11-30(12-10-29)26-22-8-7-20(15-24(22)27-17-28-26)23-14-18(16-31)13-19-5-3-4-6-21(19)23/h2-6,13-14,17,20,31H,1,7-12,15-16H2. The van der Waals surface area contributed by atoms with Gasteiger partial charge in [0.2, 0.25) is 5.91 Å². The third-order valence-electron chi connectivity index (χ3n) is 6.84. The molecule has 1 unspecified atom stereocenters. The van der Waals surface area contributed by atoms with Crippen LogP contribution in [0.5, 0.6) is 0 Å². The lowest BCUT2D eigenvalue weighted by Gasteiger charge is -2.37. The molecule has 0 radical (unpaired) electrons. The number of piperazine rings is 1. The number of carbonyl (C=O) groups excluding carboxylic acids is 1. The van der Waals surface area contributed by atoms with Gasteiger partial charge in [-0.15, -0.1) is 0 Å². The topological polar surface area (TPSA) is 69.6 Å². The number of rotatable bonds is 4. The molecule has 1 fully saturated rings. The Morgan fingerprint density at radius 3 is 2.75 bits per heavy atom. The number of benzene rings is 2. The molecular formula is C26H28N4O2. The Labute approximate surface area is 188 Å². The predicted molar refractivity (Wildman–Crippen MR) is 126 cm³/mol. The summed E-state index contributed by atoms with van der Waals surface area (Å²) >= 11 is 0. The van der Waals surface area contributed by atoms with Crippen LogP contribution < -0.4 is 4.90 Å². The average molecular weight is 429 g/mol. The second kappa shape index (κ2) is 8.71. The SMILES string of the molecule is C=CC(=O)N1CCN(c2ncnc3c2CCC(c2cc(CO)cc4ccccc24)C3)CC1. The summed E-state index contributed by atoms with van der Waals surface area (Å²) in [6, 6.07) is 12.7. The molecular weight excluding hydrogens is 400 g/mol. The molecule has 3 aromatic rings. The van der Waals surface area contributed by atoms with E-state index in [1.807, 2.05) is 11.0 Å². The highest BCUT2D eigenvalue weighted by Crippen LogP contribution is 2.38. The van der Waals surface area contributed by atoms with Crippen LogP contribution in [-0.4, -0.2) is 52.1 Å². The van der Waals surface area contributed by atoms with E-state index in [1.54, 1.807) is 6.33 Å². The van der Waals surface area contributed by atoms with Crippen molar-refractivity contribution in [2.24, 2.45) is 0 Å². The first-order valence-corrected chi connectivity index (χ1v) is 11.3. The van der Waals surface area contributed by atoms with Crippen molar-refractivity contribution in [1.29, 1.82) is 0 Å². The van der Waals surface area contributed by atoms with Crippen LogP contribution in [0, 0.1) is 0 Å². The van der Waals surface area contributed by atoms with Crippen LogP contribution in [0.1, 0.15) is 34.7 Å². The van der Waals surface area contributed by atoms with Crippen LogP contribution in [-0.2, 0) is 24.2 Å². The van der Waals surface area contributed by atoms with Crippen molar-refractivity contribution >= 4 is 22.5 Å². The van der Waals surface area contributed by atoms with Crippen molar-refractivity contribution in [2.45, 2.75) is 31.8 Å². The van der Waals surface area contributed by atoms with Gasteiger partial charge in [-0.05, 0) is 59.2 Å². The molecule has 2 aromatic carbocycles. The molecule has 1 saturated heterocycles. The lowest BCUT2D eigenvalue weighted by Crippen LogP contribution is -2.49. The minimum atomic E-state index is -0.00505. The highest BCUT2D eigenvalue weighted by atomic mass is 16.3. The van der Waals surface area contributed by atoms with Crippen molar-refractivity contribution in [2.75, 3.05) is 31.1 Å². The Balaban J connectivity index is 1.41. The third-order valence-corrected chi connectivity index (χ3v) is 6.84. The zero-order chi connectivity index (χ0) is 22.1. The molecule has 1 amide bonds. The maximum absolute atomic E-state index is 11.9. The van der Waals surface area contributed by atoms with Crippen molar-refractivity contribution in [3.63, 3.8) is 0 Å². The number of aliphatic hydroxyl groups is 1. The Bertz CT molecular complexity index is 1170. The molecule has 1 aliphatic carbocycles. The van der Waals surface area contributed by atoms with Crippen molar-refractivity contribution in [3.8, 4) is 0 Å². The van der Waals surface area contributed by atoms with Gasteiger partial charge in [0.1, 0.15) is 12.1 Å². The lowest BCUT2D eigenvalue weighted by molar-refractivity contribution is -0.126. The van der Waals surface area contributed by atoms with Crippen LogP contribution in [0.15, 0.2) is 55.4 Å². The Kier molecular flexibility index (Phi) is 5.62. The maximum Gasteiger partial charge on any atom is 0.246 e. The van der Waals surface area contributed by atoms with Gasteiger partial charge in [0, 0.05) is 37.4 Å². The molecule has 6 heteroatoms. The first-order chi connectivity index (χ1) is 15.7. The number of amides is 1. The molecule has 6 nitrogen and oxygen atoms in total. The molecule has 32 heavy (non-hydrogen) atoms. The summed E-state index contributed by atoms with van der Waals surface area (Å²) in [5.41, 5.74) is 4.62. The number of anilines is 1. The van der Waals surface area contributed by atoms with E-state index >= 15 is 0 Å². The molecule has 0 bridgehead atoms. The van der Waals surface area contributed by atoms with Crippen LogP contribution in [0.25, 0.3) is 10.8 Å². The molecule has 1 atom stereocenters. The monoisotopic (exact) mass is 428 g/mol. The highest BCUT2D eigenvalue weighted by molar-refractivity contribution is 5.87. The number of fused-ring (bicyclic) bond motifs is 2. The number of nitrogens with zero attached hydrogens (tertiary/aromatic N) is 4. The second-order valence-corrected chi connectivity index (χ2v) is 8.64. The molecule has 1 N–H and O–H groups in total. The molecule has 1 aromatic heterocycles. The summed E-state index contributed by atoms with van der Waals surface area (Å²) in [4.78, 5) is 25.3. The fraction of sp³-hybridized carbons (Fsp3) is 0.346. The van der Waals surface area contributed by atoms with Gasteiger partial charge in [-0.25, -0.2) is 9.97 Å². The first-order valence-electron chi connectivity index (χ1n) is 11.3. The summed E-state index contributed by atoms with van der Waals surface area (Å²) in [5.74, 6) is 1.38. The van der Waals surface area contributed by atoms with E-state index in [-0.39, 0.29) is 12.5 Å². The zero-order valence-electron chi connectivity index (χ0n) is 18.2. The Hall–Kier alpha value is -3.25. The van der Waals surface area contributed by atoms with Gasteiger partial charge in [-0.3, -0.25) is 4.79 Å². The van der Waals surface area contributed by atoms with Gasteiger partial charge >= 0.3 is 0 Å². The fourth-order valence-electron chi connectivity index (χ4n) is 5.16. The third kappa shape index (κ3) is 3.75. The van der Waals surface area contributed by atoms with Gasteiger partial charge in [0.25, 0.3) is 0 Å². The predicted octanol–water partition coefficient (Wildman–Crippen LogP) is 3.23. The van der Waals surface area contributed by atoms with E-state index in [1.165, 1.54) is 28.0 Å². The van der Waals surface area contributed by atoms with Crippen LogP contribution in [0.2, 0.25) is 0 Å². The van der Waals surface area contributed by atoms with Gasteiger partial charge in [0.15, 0.2) is 0 Å². The van der Waals surface area contributed by atoms with E-state index in [4.69, 9.17) is 0 Å². The highest BCUT2D eigenvalue weighted by Gasteiger charge is 2.28. The molecule has 2 aliphatic rings. The van der Waals surface area contributed by atoms with Crippen molar-refractivity contribution in [1.82, 2.24) is 14.9 Å². The summed E-state index contributed by atoms with van der Waals surface area (Å²) in [5, 5.41) is 12.2. The van der Waals surface area contributed by atoms with Crippen molar-refractivity contribution < 1.29 is 9.90 Å². The molecule has 1 aliphatic heterocycles. The summed E-state index contributed by atoms with van der Waals surface area (Å²) < 4.78 is 0. The lowest BCUT2D eigenvalue weighted by atomic mass is 9.80. The molecule has 2 heterocycles. The first kappa shape index (κ1) is 20.6. The molecule has 0 saturated carbocycles. The smallest absolute Gasteiger partial charge is 0.246 e. The summed E-state index contributed by atoms with van der Waals surface area (Å²) in [6.07, 6.45) is 5.90. The van der Waals surface area contributed by atoms with E-state index in [0.717, 1.165) is 49.4 Å². The van der Waals surface area contributed by atoms with Gasteiger partial charge < -0.3 is 14.9 Å². The fourth-order valence-corrected chi connectivity index (χ4v) is 5.16. The molecule has 164 valence electrons. The van der Waals surface area contributed by atoms with E-state index < -0.39 is 0 Å². The Morgan fingerprint density at radius 2 is 1.97 bits per heavy atom. The normalized spacial score (nSPS) is 18.5. The average Bonchev–Trinajstić information content (AvgIpc) is 2.87. The summed E-state index contributed by atoms with van der Waals surface area (Å²) in [7, 11) is 0. The number of hydrogen-bond donors (Lipinski definition) is 1. The largest absolute Gasteiger partial charge is 0.392 e. The van der Waals surface area contributed by atoms with Gasteiger partial charge in [-0.1, -0.05) is 36.9 Å². The van der Waals surface area contributed by atoms with Crippen molar-refractivity contribution in [3.05, 3.63) is 77.8 Å². The van der Waals surface area contributed by atoms with E-state index in [0.29, 0.717) is 19.0 Å². The van der Waals surface area contributed by atoms with Crippen LogP contribution in [0.3, 0.4) is 0 Å². The van der Waals surface area contributed by atoms with Gasteiger partial charge in [-0.2, -0.15) is 0 Å². The molecule has 0 spiro atoms. The summed E-state index contributed by atoms with van der Waals surface area (Å²) in [6.45, 7) is 6.56. The van der Waals surface area contributed by atoms with Crippen LogP contribution in [0.4, 0.5) is 5.82 Å². The van der Waals surface area contributed by atoms with Gasteiger partial charge in [0.05, 0.1) is 6.61 Å². The minimum absolute atomic E-state index is 0.00505. The maximum atomic E-state index is 11.9. The minimum Gasteiger partial charge on any atom is -0.392 e.